The summed E-state index contributed by atoms with van der Waals surface area (Å²) in [4.78, 5) is 14.3. The molecular weight excluding hydrogens is 302 g/mol. The van der Waals surface area contributed by atoms with E-state index in [4.69, 9.17) is 20.4 Å². The first-order valence-electron chi connectivity index (χ1n) is 6.41. The topological polar surface area (TPSA) is 131 Å². The highest BCUT2D eigenvalue weighted by Crippen LogP contribution is 2.35. The Morgan fingerprint density at radius 3 is 2.04 bits per heavy atom. The summed E-state index contributed by atoms with van der Waals surface area (Å²) in [6.45, 7) is 0. The number of fused-ring (bicyclic) bond motifs is 1. The van der Waals surface area contributed by atoms with E-state index in [1.54, 1.807) is 18.3 Å². The van der Waals surface area contributed by atoms with E-state index in [9.17, 15) is 9.90 Å². The van der Waals surface area contributed by atoms with E-state index in [1.807, 2.05) is 18.2 Å². The molecule has 0 radical (unpaired) electrons. The minimum atomic E-state index is -1.29. The van der Waals surface area contributed by atoms with Gasteiger partial charge in [0.25, 0.3) is 0 Å². The number of hydrogen-bond donors (Lipinski definition) is 5. The second-order valence-corrected chi connectivity index (χ2v) is 4.52. The molecule has 0 aliphatic heterocycles. The van der Waals surface area contributed by atoms with Crippen molar-refractivity contribution in [1.29, 1.82) is 0 Å². The SMILES string of the molecule is O=C(O)c1cc(O)c(O)c(O)c1.Oc1cccc2cccnc12. The van der Waals surface area contributed by atoms with E-state index in [-0.39, 0.29) is 11.3 Å². The molecule has 1 aromatic heterocycles. The van der Waals surface area contributed by atoms with Gasteiger partial charge in [-0.1, -0.05) is 18.2 Å². The van der Waals surface area contributed by atoms with Crippen LogP contribution in [0, 0.1) is 0 Å². The Kier molecular flexibility index (Phi) is 4.51. The van der Waals surface area contributed by atoms with Crippen molar-refractivity contribution >= 4 is 16.9 Å². The molecular formula is C16H13NO6. The Hall–Kier alpha value is -3.48. The van der Waals surface area contributed by atoms with Crippen molar-refractivity contribution in [2.75, 3.05) is 0 Å². The summed E-state index contributed by atoms with van der Waals surface area (Å²) in [5.41, 5.74) is 0.373. The predicted octanol–water partition coefficient (Wildman–Crippen LogP) is 2.44. The van der Waals surface area contributed by atoms with Crippen LogP contribution in [0.4, 0.5) is 0 Å². The molecule has 0 aliphatic rings. The molecule has 7 heteroatoms. The van der Waals surface area contributed by atoms with Gasteiger partial charge in [0.1, 0.15) is 11.3 Å². The lowest BCUT2D eigenvalue weighted by Crippen LogP contribution is -1.95. The molecule has 118 valence electrons. The van der Waals surface area contributed by atoms with Crippen molar-refractivity contribution in [1.82, 2.24) is 4.98 Å². The fourth-order valence-electron chi connectivity index (χ4n) is 1.82. The number of benzene rings is 2. The average molecular weight is 315 g/mol. The standard InChI is InChI=1S/C9H7NO.C7H6O5/c11-8-5-1-3-7-4-2-6-10-9(7)8;8-4-1-3(7(11)12)2-5(9)6(4)10/h1-6,11H;1-2,8-10H,(H,11,12). The second-order valence-electron chi connectivity index (χ2n) is 4.52. The van der Waals surface area contributed by atoms with Crippen LogP contribution < -0.4 is 0 Å². The Morgan fingerprint density at radius 1 is 0.870 bits per heavy atom. The largest absolute Gasteiger partial charge is 0.506 e. The monoisotopic (exact) mass is 315 g/mol. The zero-order chi connectivity index (χ0) is 17.0. The Morgan fingerprint density at radius 2 is 1.48 bits per heavy atom. The number of rotatable bonds is 1. The van der Waals surface area contributed by atoms with Gasteiger partial charge in [-0.25, -0.2) is 4.79 Å². The number of aromatic nitrogens is 1. The van der Waals surface area contributed by atoms with E-state index in [0.717, 1.165) is 17.5 Å². The molecule has 0 unspecified atom stereocenters. The van der Waals surface area contributed by atoms with Gasteiger partial charge in [0.2, 0.25) is 0 Å². The maximum absolute atomic E-state index is 10.3. The van der Waals surface area contributed by atoms with E-state index < -0.39 is 23.2 Å². The maximum Gasteiger partial charge on any atom is 0.335 e. The van der Waals surface area contributed by atoms with Gasteiger partial charge < -0.3 is 25.5 Å². The van der Waals surface area contributed by atoms with E-state index in [1.165, 1.54) is 0 Å². The van der Waals surface area contributed by atoms with Crippen molar-refractivity contribution < 1.29 is 30.3 Å². The van der Waals surface area contributed by atoms with Crippen LogP contribution in [0.2, 0.25) is 0 Å². The van der Waals surface area contributed by atoms with Crippen LogP contribution >= 0.6 is 0 Å². The normalized spacial score (nSPS) is 9.91. The number of nitrogens with zero attached hydrogens (tertiary/aromatic N) is 1. The Balaban J connectivity index is 0.000000167. The van der Waals surface area contributed by atoms with Crippen LogP contribution in [-0.4, -0.2) is 36.5 Å². The van der Waals surface area contributed by atoms with Gasteiger partial charge in [-0.15, -0.1) is 0 Å². The lowest BCUT2D eigenvalue weighted by molar-refractivity contribution is 0.0696. The van der Waals surface area contributed by atoms with Gasteiger partial charge in [-0.2, -0.15) is 0 Å². The van der Waals surface area contributed by atoms with Crippen molar-refractivity contribution in [3.8, 4) is 23.0 Å². The summed E-state index contributed by atoms with van der Waals surface area (Å²) in [6, 6.07) is 10.8. The third kappa shape index (κ3) is 3.59. The summed E-state index contributed by atoms with van der Waals surface area (Å²) in [5.74, 6) is -3.09. The molecule has 23 heavy (non-hydrogen) atoms. The van der Waals surface area contributed by atoms with Gasteiger partial charge in [0, 0.05) is 11.6 Å². The van der Waals surface area contributed by atoms with Crippen LogP contribution in [0.1, 0.15) is 10.4 Å². The number of carboxylic acid groups (broad SMARTS) is 1. The summed E-state index contributed by atoms with van der Waals surface area (Å²) < 4.78 is 0. The maximum atomic E-state index is 10.3. The molecule has 5 N–H and O–H groups in total. The first-order chi connectivity index (χ1) is 10.9. The van der Waals surface area contributed by atoms with Crippen LogP contribution in [-0.2, 0) is 0 Å². The Bertz CT molecular complexity index is 834. The molecule has 0 saturated heterocycles. The number of carbonyl (C=O) groups is 1. The molecule has 0 spiro atoms. The number of para-hydroxylation sites is 1. The zero-order valence-electron chi connectivity index (χ0n) is 11.7. The highest BCUT2D eigenvalue weighted by molar-refractivity contribution is 5.89. The number of aromatic hydroxyl groups is 4. The van der Waals surface area contributed by atoms with Gasteiger partial charge in [0.15, 0.2) is 17.2 Å². The number of phenols is 4. The first kappa shape index (κ1) is 15.9. The predicted molar refractivity (Wildman–Crippen MR) is 81.8 cm³/mol. The molecule has 0 aliphatic carbocycles. The highest BCUT2D eigenvalue weighted by Gasteiger charge is 2.11. The second kappa shape index (κ2) is 6.52. The summed E-state index contributed by atoms with van der Waals surface area (Å²) in [5, 5.41) is 45.2. The van der Waals surface area contributed by atoms with Gasteiger partial charge in [0.05, 0.1) is 5.56 Å². The third-order valence-corrected chi connectivity index (χ3v) is 2.93. The number of phenolic OH excluding ortho intramolecular Hbond substituents is 4. The molecule has 0 fully saturated rings. The van der Waals surface area contributed by atoms with Crippen molar-refractivity contribution in [2.45, 2.75) is 0 Å². The summed E-state index contributed by atoms with van der Waals surface area (Å²) >= 11 is 0. The lowest BCUT2D eigenvalue weighted by Gasteiger charge is -2.01. The van der Waals surface area contributed by atoms with Crippen LogP contribution in [0.15, 0.2) is 48.7 Å². The molecule has 0 atom stereocenters. The molecule has 0 saturated carbocycles. The molecule has 0 amide bonds. The van der Waals surface area contributed by atoms with Crippen LogP contribution in [0.5, 0.6) is 23.0 Å². The number of aromatic carboxylic acids is 1. The third-order valence-electron chi connectivity index (χ3n) is 2.93. The van der Waals surface area contributed by atoms with E-state index in [2.05, 4.69) is 4.98 Å². The average Bonchev–Trinajstić information content (AvgIpc) is 2.53. The minimum absolute atomic E-state index is 0.239. The smallest absolute Gasteiger partial charge is 0.335 e. The molecule has 0 bridgehead atoms. The van der Waals surface area contributed by atoms with E-state index in [0.29, 0.717) is 5.52 Å². The van der Waals surface area contributed by atoms with Crippen molar-refractivity contribution in [3.63, 3.8) is 0 Å². The quantitative estimate of drug-likeness (QED) is 0.436. The van der Waals surface area contributed by atoms with Gasteiger partial charge in [-0.3, -0.25) is 4.98 Å². The summed E-state index contributed by atoms with van der Waals surface area (Å²) in [6.07, 6.45) is 1.67. The fourth-order valence-corrected chi connectivity index (χ4v) is 1.82. The van der Waals surface area contributed by atoms with E-state index >= 15 is 0 Å². The fraction of sp³-hybridized carbons (Fsp3) is 0. The lowest BCUT2D eigenvalue weighted by atomic mass is 10.2. The molecule has 3 rings (SSSR count). The Labute approximate surface area is 130 Å². The summed E-state index contributed by atoms with van der Waals surface area (Å²) in [7, 11) is 0. The molecule has 3 aromatic rings. The first-order valence-corrected chi connectivity index (χ1v) is 6.41. The van der Waals surface area contributed by atoms with Gasteiger partial charge in [-0.05, 0) is 24.3 Å². The number of carboxylic acids is 1. The van der Waals surface area contributed by atoms with Crippen molar-refractivity contribution in [3.05, 3.63) is 54.2 Å². The minimum Gasteiger partial charge on any atom is -0.506 e. The van der Waals surface area contributed by atoms with Crippen LogP contribution in [0.3, 0.4) is 0 Å². The molecule has 2 aromatic carbocycles. The molecule has 7 nitrogen and oxygen atoms in total. The number of hydrogen-bond acceptors (Lipinski definition) is 6. The van der Waals surface area contributed by atoms with Crippen LogP contribution in [0.25, 0.3) is 10.9 Å². The van der Waals surface area contributed by atoms with Crippen molar-refractivity contribution in [2.24, 2.45) is 0 Å². The zero-order valence-corrected chi connectivity index (χ0v) is 11.7. The van der Waals surface area contributed by atoms with Gasteiger partial charge >= 0.3 is 5.97 Å². The number of pyridine rings is 1. The highest BCUT2D eigenvalue weighted by atomic mass is 16.4. The molecule has 1 heterocycles.